The summed E-state index contributed by atoms with van der Waals surface area (Å²) in [5, 5.41) is 14.6. The maximum Gasteiger partial charge on any atom is 0.256 e. The van der Waals surface area contributed by atoms with Crippen LogP contribution in [0.1, 0.15) is 36.5 Å². The van der Waals surface area contributed by atoms with Crippen LogP contribution >= 0.6 is 0 Å². The number of rotatable bonds is 4. The number of piperidine rings is 1. The minimum Gasteiger partial charge on any atom is -0.396 e. The van der Waals surface area contributed by atoms with Crippen LogP contribution in [0.15, 0.2) is 23.1 Å². The van der Waals surface area contributed by atoms with E-state index in [1.807, 2.05) is 6.92 Å². The molecular formula is C15H21FN2O4S. The summed E-state index contributed by atoms with van der Waals surface area (Å²) in [5.74, 6) is -1.38. The number of sulfonamides is 1. The molecule has 1 fully saturated rings. The van der Waals surface area contributed by atoms with E-state index in [4.69, 9.17) is 5.14 Å². The average Bonchev–Trinajstić information content (AvgIpc) is 2.53. The van der Waals surface area contributed by atoms with Crippen molar-refractivity contribution in [3.8, 4) is 0 Å². The lowest BCUT2D eigenvalue weighted by atomic mass is 9.78. The van der Waals surface area contributed by atoms with Gasteiger partial charge < -0.3 is 10.0 Å². The topological polar surface area (TPSA) is 101 Å². The van der Waals surface area contributed by atoms with Crippen molar-refractivity contribution in [3.63, 3.8) is 0 Å². The number of aliphatic hydroxyl groups is 1. The average molecular weight is 344 g/mol. The van der Waals surface area contributed by atoms with Gasteiger partial charge in [0, 0.05) is 18.5 Å². The third-order valence-electron chi connectivity index (χ3n) is 4.53. The molecule has 2 rings (SSSR count). The Bertz CT molecular complexity index is 701. The molecule has 8 heteroatoms. The molecule has 1 saturated heterocycles. The Morgan fingerprint density at radius 1 is 1.48 bits per heavy atom. The molecule has 1 aliphatic rings. The van der Waals surface area contributed by atoms with Crippen LogP contribution in [-0.4, -0.2) is 44.0 Å². The molecular weight excluding hydrogens is 323 g/mol. The highest BCUT2D eigenvalue weighted by Crippen LogP contribution is 2.33. The van der Waals surface area contributed by atoms with Crippen LogP contribution < -0.4 is 5.14 Å². The van der Waals surface area contributed by atoms with E-state index < -0.39 is 21.7 Å². The number of carbonyl (C=O) groups is 1. The lowest BCUT2D eigenvalue weighted by molar-refractivity contribution is 0.0249. The van der Waals surface area contributed by atoms with Crippen LogP contribution in [0.3, 0.4) is 0 Å². The van der Waals surface area contributed by atoms with Crippen molar-refractivity contribution in [2.75, 3.05) is 19.7 Å². The minimum absolute atomic E-state index is 0.0486. The van der Waals surface area contributed by atoms with Gasteiger partial charge in [0.05, 0.1) is 17.1 Å². The number of nitrogens with two attached hydrogens (primary N) is 1. The van der Waals surface area contributed by atoms with Crippen molar-refractivity contribution in [1.29, 1.82) is 0 Å². The zero-order valence-electron chi connectivity index (χ0n) is 13.0. The van der Waals surface area contributed by atoms with Crippen LogP contribution in [0.25, 0.3) is 0 Å². The van der Waals surface area contributed by atoms with Gasteiger partial charge in [-0.25, -0.2) is 17.9 Å². The first-order valence-corrected chi connectivity index (χ1v) is 8.99. The quantitative estimate of drug-likeness (QED) is 0.854. The molecule has 0 saturated carbocycles. The Morgan fingerprint density at radius 3 is 2.74 bits per heavy atom. The Labute approximate surface area is 135 Å². The summed E-state index contributed by atoms with van der Waals surface area (Å²) in [6.45, 7) is 2.65. The van der Waals surface area contributed by atoms with E-state index in [-0.39, 0.29) is 22.5 Å². The normalized spacial score (nSPS) is 22.2. The molecule has 1 heterocycles. The number of halogens is 1. The van der Waals surface area contributed by atoms with E-state index >= 15 is 0 Å². The number of hydrogen-bond acceptors (Lipinski definition) is 4. The molecule has 6 nitrogen and oxygen atoms in total. The lowest BCUT2D eigenvalue weighted by Gasteiger charge is -2.41. The van der Waals surface area contributed by atoms with E-state index in [9.17, 15) is 22.7 Å². The van der Waals surface area contributed by atoms with Crippen LogP contribution in [-0.2, 0) is 10.0 Å². The second kappa shape index (κ2) is 6.54. The van der Waals surface area contributed by atoms with E-state index in [1.165, 1.54) is 4.90 Å². The third-order valence-corrected chi connectivity index (χ3v) is 5.44. The molecule has 128 valence electrons. The molecule has 1 amide bonds. The van der Waals surface area contributed by atoms with E-state index in [0.29, 0.717) is 25.9 Å². The van der Waals surface area contributed by atoms with Crippen molar-refractivity contribution < 1.29 is 22.7 Å². The highest BCUT2D eigenvalue weighted by molar-refractivity contribution is 7.89. The number of benzene rings is 1. The highest BCUT2D eigenvalue weighted by atomic mass is 32.2. The summed E-state index contributed by atoms with van der Waals surface area (Å²) in [6, 6.07) is 2.92. The Kier molecular flexibility index (Phi) is 5.07. The highest BCUT2D eigenvalue weighted by Gasteiger charge is 2.36. The monoisotopic (exact) mass is 344 g/mol. The molecule has 1 aliphatic heterocycles. The second-order valence-corrected chi connectivity index (χ2v) is 7.59. The number of amides is 1. The Morgan fingerprint density at radius 2 is 2.17 bits per heavy atom. The summed E-state index contributed by atoms with van der Waals surface area (Å²) in [4.78, 5) is 13.8. The van der Waals surface area contributed by atoms with Crippen molar-refractivity contribution >= 4 is 15.9 Å². The SMILES string of the molecule is CC[C@@]1(CO)CCCN(C(=O)c2cc(S(N)(=O)=O)ccc2F)C1. The first-order valence-electron chi connectivity index (χ1n) is 7.45. The van der Waals surface area contributed by atoms with Crippen molar-refractivity contribution in [1.82, 2.24) is 4.90 Å². The smallest absolute Gasteiger partial charge is 0.256 e. The van der Waals surface area contributed by atoms with E-state index in [1.54, 1.807) is 0 Å². The summed E-state index contributed by atoms with van der Waals surface area (Å²) in [5.41, 5.74) is -0.705. The fourth-order valence-corrected chi connectivity index (χ4v) is 3.47. The predicted octanol–water partition coefficient (Wildman–Crippen LogP) is 1.10. The molecule has 1 atom stereocenters. The van der Waals surface area contributed by atoms with Crippen LogP contribution in [0, 0.1) is 11.2 Å². The fourth-order valence-electron chi connectivity index (χ4n) is 2.93. The summed E-state index contributed by atoms with van der Waals surface area (Å²) < 4.78 is 36.8. The van der Waals surface area contributed by atoms with Gasteiger partial charge in [0.25, 0.3) is 5.91 Å². The number of nitrogens with zero attached hydrogens (tertiary/aromatic N) is 1. The minimum atomic E-state index is -4.02. The van der Waals surface area contributed by atoms with Gasteiger partial charge in [-0.05, 0) is 37.5 Å². The summed E-state index contributed by atoms with van der Waals surface area (Å²) >= 11 is 0. The standard InChI is InChI=1S/C15H21FN2O4S/c1-2-15(10-19)6-3-7-18(9-15)14(20)12-8-11(23(17,21)22)4-5-13(12)16/h4-5,8,19H,2-3,6-7,9-10H2,1H3,(H2,17,21,22)/t15-/m1/s1. The van der Waals surface area contributed by atoms with Crippen molar-refractivity contribution in [3.05, 3.63) is 29.6 Å². The van der Waals surface area contributed by atoms with Gasteiger partial charge >= 0.3 is 0 Å². The largest absolute Gasteiger partial charge is 0.396 e. The first-order chi connectivity index (χ1) is 10.7. The molecule has 0 bridgehead atoms. The molecule has 0 spiro atoms. The van der Waals surface area contributed by atoms with Crippen molar-refractivity contribution in [2.45, 2.75) is 31.1 Å². The molecule has 1 aromatic rings. The van der Waals surface area contributed by atoms with Gasteiger partial charge in [-0.1, -0.05) is 6.92 Å². The number of likely N-dealkylation sites (tertiary alicyclic amines) is 1. The maximum absolute atomic E-state index is 14.0. The molecule has 0 radical (unpaired) electrons. The fraction of sp³-hybridized carbons (Fsp3) is 0.533. The molecule has 0 unspecified atom stereocenters. The number of hydrogen-bond donors (Lipinski definition) is 2. The zero-order valence-corrected chi connectivity index (χ0v) is 13.8. The molecule has 0 aromatic heterocycles. The molecule has 23 heavy (non-hydrogen) atoms. The van der Waals surface area contributed by atoms with Crippen LogP contribution in [0.2, 0.25) is 0 Å². The summed E-state index contributed by atoms with van der Waals surface area (Å²) in [7, 11) is -4.02. The number of aliphatic hydroxyl groups excluding tert-OH is 1. The molecule has 0 aliphatic carbocycles. The van der Waals surface area contributed by atoms with E-state index in [0.717, 1.165) is 24.6 Å². The van der Waals surface area contributed by atoms with Gasteiger partial charge in [0.2, 0.25) is 10.0 Å². The van der Waals surface area contributed by atoms with Crippen molar-refractivity contribution in [2.24, 2.45) is 10.6 Å². The van der Waals surface area contributed by atoms with Crippen LogP contribution in [0.5, 0.6) is 0 Å². The predicted molar refractivity (Wildman–Crippen MR) is 82.7 cm³/mol. The Hall–Kier alpha value is -1.51. The van der Waals surface area contributed by atoms with Gasteiger partial charge in [0.1, 0.15) is 5.82 Å². The number of primary sulfonamides is 1. The molecule has 3 N–H and O–H groups in total. The van der Waals surface area contributed by atoms with E-state index in [2.05, 4.69) is 0 Å². The van der Waals surface area contributed by atoms with Crippen LogP contribution in [0.4, 0.5) is 4.39 Å². The first kappa shape index (κ1) is 17.8. The zero-order chi connectivity index (χ0) is 17.3. The third kappa shape index (κ3) is 3.70. The van der Waals surface area contributed by atoms with Gasteiger partial charge in [-0.15, -0.1) is 0 Å². The summed E-state index contributed by atoms with van der Waals surface area (Å²) in [6.07, 6.45) is 2.20. The second-order valence-electron chi connectivity index (χ2n) is 6.03. The Balaban J connectivity index is 2.33. The van der Waals surface area contributed by atoms with Gasteiger partial charge in [0.15, 0.2) is 0 Å². The molecule has 1 aromatic carbocycles. The van der Waals surface area contributed by atoms with Gasteiger partial charge in [-0.2, -0.15) is 0 Å². The number of carbonyl (C=O) groups excluding carboxylic acids is 1. The maximum atomic E-state index is 14.0. The van der Waals surface area contributed by atoms with Gasteiger partial charge in [-0.3, -0.25) is 4.79 Å². The lowest BCUT2D eigenvalue weighted by Crippen LogP contribution is -2.47.